The predicted molar refractivity (Wildman–Crippen MR) is 97.7 cm³/mol. The van der Waals surface area contributed by atoms with Crippen molar-refractivity contribution in [3.8, 4) is 17.2 Å². The number of methoxy groups -OCH3 is 1. The van der Waals surface area contributed by atoms with Crippen molar-refractivity contribution in [3.63, 3.8) is 0 Å². The molecule has 0 saturated carbocycles. The lowest BCUT2D eigenvalue weighted by Crippen LogP contribution is -3.08. The molecule has 0 radical (unpaired) electrons. The summed E-state index contributed by atoms with van der Waals surface area (Å²) in [6, 6.07) is 10.7. The molecule has 0 aromatic heterocycles. The zero-order valence-corrected chi connectivity index (χ0v) is 14.7. The van der Waals surface area contributed by atoms with Crippen molar-refractivity contribution in [2.45, 2.75) is 19.4 Å². The normalized spacial score (nSPS) is 18.2. The molecule has 0 aliphatic carbocycles. The minimum atomic E-state index is -0.163. The van der Waals surface area contributed by atoms with Gasteiger partial charge >= 0.3 is 0 Å². The van der Waals surface area contributed by atoms with Crippen LogP contribution in [0.4, 0.5) is 0 Å². The van der Waals surface area contributed by atoms with E-state index in [0.29, 0.717) is 23.6 Å². The summed E-state index contributed by atoms with van der Waals surface area (Å²) >= 11 is 0. The van der Waals surface area contributed by atoms with Gasteiger partial charge in [0.1, 0.15) is 18.0 Å². The van der Waals surface area contributed by atoms with Crippen LogP contribution >= 0.6 is 0 Å². The second-order valence-corrected chi connectivity index (χ2v) is 6.76. The summed E-state index contributed by atoms with van der Waals surface area (Å²) in [6.07, 6.45) is 4.10. The Hall–Kier alpha value is -2.79. The number of carbonyl (C=O) groups is 1. The zero-order chi connectivity index (χ0) is 18.1. The number of ketones is 1. The number of ether oxygens (including phenoxy) is 2. The van der Waals surface area contributed by atoms with Crippen LogP contribution in [-0.4, -0.2) is 31.1 Å². The van der Waals surface area contributed by atoms with Gasteiger partial charge in [0, 0.05) is 18.4 Å². The maximum atomic E-state index is 12.8. The van der Waals surface area contributed by atoms with E-state index in [2.05, 4.69) is 0 Å². The molecule has 2 aromatic rings. The molecule has 0 unspecified atom stereocenters. The van der Waals surface area contributed by atoms with Gasteiger partial charge in [-0.15, -0.1) is 0 Å². The van der Waals surface area contributed by atoms with E-state index in [1.807, 2.05) is 24.3 Å². The molecule has 2 aromatic carbocycles. The topological polar surface area (TPSA) is 60.2 Å². The Morgan fingerprint density at radius 3 is 2.73 bits per heavy atom. The molecule has 5 nitrogen and oxygen atoms in total. The van der Waals surface area contributed by atoms with Gasteiger partial charge in [-0.25, -0.2) is 0 Å². The second kappa shape index (κ2) is 6.84. The summed E-state index contributed by atoms with van der Waals surface area (Å²) in [7, 11) is 1.60. The van der Waals surface area contributed by atoms with Gasteiger partial charge in [-0.2, -0.15) is 0 Å². The maximum Gasteiger partial charge on any atom is 0.231 e. The molecule has 5 heteroatoms. The molecule has 2 aliphatic heterocycles. The van der Waals surface area contributed by atoms with E-state index in [0.717, 1.165) is 24.2 Å². The Labute approximate surface area is 152 Å². The fourth-order valence-corrected chi connectivity index (χ4v) is 3.70. The first-order chi connectivity index (χ1) is 12.7. The van der Waals surface area contributed by atoms with Gasteiger partial charge < -0.3 is 19.5 Å². The summed E-state index contributed by atoms with van der Waals surface area (Å²) in [4.78, 5) is 14.2. The number of benzene rings is 2. The summed E-state index contributed by atoms with van der Waals surface area (Å²) in [6.45, 7) is 2.84. The number of para-hydroxylation sites is 1. The number of fused-ring (bicyclic) bond motifs is 1. The average molecular weight is 352 g/mol. The number of Topliss-reactive ketones (excluding diaryl/α,β-unsaturated/α-hetero) is 1. The Bertz CT molecular complexity index is 882. The third-order valence-electron chi connectivity index (χ3n) is 5.08. The van der Waals surface area contributed by atoms with Crippen molar-refractivity contribution in [3.05, 3.63) is 58.8 Å². The van der Waals surface area contributed by atoms with Gasteiger partial charge in [0.2, 0.25) is 5.78 Å². The minimum absolute atomic E-state index is 0.163. The van der Waals surface area contributed by atoms with Crippen LogP contribution < -0.4 is 14.4 Å². The van der Waals surface area contributed by atoms with Gasteiger partial charge in [-0.1, -0.05) is 18.2 Å². The molecule has 0 spiro atoms. The molecule has 4 rings (SSSR count). The summed E-state index contributed by atoms with van der Waals surface area (Å²) in [5.41, 5.74) is 2.01. The first kappa shape index (κ1) is 16.7. The average Bonchev–Trinajstić information content (AvgIpc) is 3.27. The van der Waals surface area contributed by atoms with Crippen LogP contribution in [-0.2, 0) is 6.54 Å². The number of phenolic OH excluding ortho intramolecular Hbond substituents is 1. The lowest BCUT2D eigenvalue weighted by Gasteiger charge is -2.15. The van der Waals surface area contributed by atoms with Crippen LogP contribution in [0.2, 0.25) is 0 Å². The lowest BCUT2D eigenvalue weighted by atomic mass is 10.0. The third-order valence-corrected chi connectivity index (χ3v) is 5.08. The van der Waals surface area contributed by atoms with Crippen LogP contribution in [0.1, 0.15) is 34.3 Å². The molecule has 2 aliphatic rings. The SMILES string of the molecule is COc1ccccc1/C=C1\Oc2c(ccc(O)c2C[NH+]2CCCC2)C1=O. The van der Waals surface area contributed by atoms with E-state index in [9.17, 15) is 9.90 Å². The molecule has 134 valence electrons. The number of likely N-dealkylation sites (tertiary alicyclic amines) is 1. The first-order valence-corrected chi connectivity index (χ1v) is 8.93. The molecular weight excluding hydrogens is 330 g/mol. The van der Waals surface area contributed by atoms with Crippen molar-refractivity contribution in [2.75, 3.05) is 20.2 Å². The highest BCUT2D eigenvalue weighted by molar-refractivity contribution is 6.15. The van der Waals surface area contributed by atoms with Crippen LogP contribution in [0, 0.1) is 0 Å². The number of quaternary nitrogens is 1. The minimum Gasteiger partial charge on any atom is -0.507 e. The van der Waals surface area contributed by atoms with Crippen molar-refractivity contribution < 1.29 is 24.3 Å². The van der Waals surface area contributed by atoms with E-state index < -0.39 is 0 Å². The first-order valence-electron chi connectivity index (χ1n) is 8.93. The Morgan fingerprint density at radius 1 is 1.19 bits per heavy atom. The molecule has 1 fully saturated rings. The van der Waals surface area contributed by atoms with Crippen LogP contribution in [0.25, 0.3) is 6.08 Å². The molecule has 0 bridgehead atoms. The standard InChI is InChI=1S/C21H21NO4/c1-25-18-7-3-2-6-14(18)12-19-20(24)15-8-9-17(23)16(21(15)26-19)13-22-10-4-5-11-22/h2-3,6-9,12,23H,4-5,10-11,13H2,1H3/p+1/b19-12-. The smallest absolute Gasteiger partial charge is 0.231 e. The van der Waals surface area contributed by atoms with Crippen molar-refractivity contribution in [1.29, 1.82) is 0 Å². The number of hydrogen-bond acceptors (Lipinski definition) is 4. The molecule has 2 N–H and O–H groups in total. The fraction of sp³-hybridized carbons (Fsp3) is 0.286. The quantitative estimate of drug-likeness (QED) is 0.828. The monoisotopic (exact) mass is 352 g/mol. The van der Waals surface area contributed by atoms with Crippen molar-refractivity contribution in [1.82, 2.24) is 0 Å². The van der Waals surface area contributed by atoms with Gasteiger partial charge in [-0.3, -0.25) is 4.79 Å². The fourth-order valence-electron chi connectivity index (χ4n) is 3.70. The molecular formula is C21H22NO4+. The number of carbonyl (C=O) groups excluding carboxylic acids is 1. The Morgan fingerprint density at radius 2 is 1.96 bits per heavy atom. The number of nitrogens with one attached hydrogen (secondary N) is 1. The Balaban J connectivity index is 1.69. The lowest BCUT2D eigenvalue weighted by molar-refractivity contribution is -0.901. The van der Waals surface area contributed by atoms with Gasteiger partial charge in [0.25, 0.3) is 0 Å². The number of hydrogen-bond donors (Lipinski definition) is 2. The van der Waals surface area contributed by atoms with Crippen molar-refractivity contribution in [2.24, 2.45) is 0 Å². The van der Waals surface area contributed by atoms with E-state index in [-0.39, 0.29) is 17.3 Å². The van der Waals surface area contributed by atoms with E-state index in [1.165, 1.54) is 17.7 Å². The highest BCUT2D eigenvalue weighted by Gasteiger charge is 2.33. The largest absolute Gasteiger partial charge is 0.507 e. The molecule has 26 heavy (non-hydrogen) atoms. The van der Waals surface area contributed by atoms with E-state index >= 15 is 0 Å². The third kappa shape index (κ3) is 2.95. The second-order valence-electron chi connectivity index (χ2n) is 6.76. The number of rotatable bonds is 4. The molecule has 0 amide bonds. The molecule has 1 saturated heterocycles. The highest BCUT2D eigenvalue weighted by atomic mass is 16.5. The summed E-state index contributed by atoms with van der Waals surface area (Å²) < 4.78 is 11.3. The molecule has 0 atom stereocenters. The summed E-state index contributed by atoms with van der Waals surface area (Å²) in [5.74, 6) is 1.46. The van der Waals surface area contributed by atoms with E-state index in [4.69, 9.17) is 9.47 Å². The van der Waals surface area contributed by atoms with Gasteiger partial charge in [-0.05, 0) is 24.3 Å². The van der Waals surface area contributed by atoms with E-state index in [1.54, 1.807) is 25.3 Å². The van der Waals surface area contributed by atoms with Gasteiger partial charge in [0.05, 0.1) is 31.3 Å². The number of allylic oxidation sites excluding steroid dienone is 1. The summed E-state index contributed by atoms with van der Waals surface area (Å²) in [5, 5.41) is 10.3. The predicted octanol–water partition coefficient (Wildman–Crippen LogP) is 2.20. The highest BCUT2D eigenvalue weighted by Crippen LogP contribution is 2.39. The zero-order valence-electron chi connectivity index (χ0n) is 14.7. The van der Waals surface area contributed by atoms with Crippen LogP contribution in [0.15, 0.2) is 42.2 Å². The number of aromatic hydroxyl groups is 1. The Kier molecular flexibility index (Phi) is 4.39. The van der Waals surface area contributed by atoms with Crippen LogP contribution in [0.3, 0.4) is 0 Å². The van der Waals surface area contributed by atoms with Gasteiger partial charge in [0.15, 0.2) is 11.5 Å². The number of phenols is 1. The van der Waals surface area contributed by atoms with Crippen molar-refractivity contribution >= 4 is 11.9 Å². The molecule has 2 heterocycles. The van der Waals surface area contributed by atoms with Crippen LogP contribution in [0.5, 0.6) is 17.2 Å². The maximum absolute atomic E-state index is 12.8.